The second kappa shape index (κ2) is 7.93. The van der Waals surface area contributed by atoms with E-state index in [4.69, 9.17) is 9.47 Å². The van der Waals surface area contributed by atoms with Crippen LogP contribution in [0.5, 0.6) is 11.5 Å². The van der Waals surface area contributed by atoms with Gasteiger partial charge in [0, 0.05) is 43.6 Å². The second-order valence-corrected chi connectivity index (χ2v) is 5.89. The molecule has 1 fully saturated rings. The lowest BCUT2D eigenvalue weighted by Gasteiger charge is -2.24. The molecule has 1 aliphatic rings. The maximum absolute atomic E-state index is 12.8. The highest BCUT2D eigenvalue weighted by Gasteiger charge is 2.22. The molecule has 1 saturated heterocycles. The Morgan fingerprint density at radius 1 is 1.29 bits per heavy atom. The molecule has 1 atom stereocenters. The van der Waals surface area contributed by atoms with E-state index in [1.54, 1.807) is 30.6 Å². The van der Waals surface area contributed by atoms with Crippen LogP contribution < -0.4 is 4.74 Å². The van der Waals surface area contributed by atoms with Crippen LogP contribution in [0.3, 0.4) is 0 Å². The van der Waals surface area contributed by atoms with Crippen molar-refractivity contribution < 1.29 is 14.3 Å². The van der Waals surface area contributed by atoms with Crippen molar-refractivity contribution in [2.24, 2.45) is 5.92 Å². The number of hydrogen-bond acceptors (Lipinski definition) is 4. The summed E-state index contributed by atoms with van der Waals surface area (Å²) in [6, 6.07) is 10.9. The number of pyridine rings is 1. The summed E-state index contributed by atoms with van der Waals surface area (Å²) in [6.07, 6.45) is 4.37. The summed E-state index contributed by atoms with van der Waals surface area (Å²) >= 11 is 0. The Morgan fingerprint density at radius 3 is 2.83 bits per heavy atom. The lowest BCUT2D eigenvalue weighted by Crippen LogP contribution is -2.35. The Morgan fingerprint density at radius 2 is 2.12 bits per heavy atom. The Bertz CT molecular complexity index is 669. The molecular weight excluding hydrogens is 304 g/mol. The average molecular weight is 326 g/mol. The van der Waals surface area contributed by atoms with Crippen LogP contribution in [0.4, 0.5) is 0 Å². The van der Waals surface area contributed by atoms with E-state index in [0.29, 0.717) is 29.5 Å². The van der Waals surface area contributed by atoms with Gasteiger partial charge in [0.25, 0.3) is 5.91 Å². The highest BCUT2D eigenvalue weighted by Crippen LogP contribution is 2.22. The van der Waals surface area contributed by atoms with E-state index >= 15 is 0 Å². The van der Waals surface area contributed by atoms with E-state index in [9.17, 15) is 4.79 Å². The fourth-order valence-electron chi connectivity index (χ4n) is 2.81. The molecule has 0 radical (unpaired) electrons. The number of ether oxygens (including phenoxy) is 2. The first-order valence-electron chi connectivity index (χ1n) is 8.31. The molecule has 2 aromatic rings. The predicted molar refractivity (Wildman–Crippen MR) is 91.3 cm³/mol. The number of hydrogen-bond donors (Lipinski definition) is 0. The molecule has 5 nitrogen and oxygen atoms in total. The Kier molecular flexibility index (Phi) is 5.43. The molecule has 3 rings (SSSR count). The van der Waals surface area contributed by atoms with Crippen molar-refractivity contribution in [1.29, 1.82) is 0 Å². The molecule has 0 spiro atoms. The summed E-state index contributed by atoms with van der Waals surface area (Å²) in [6.45, 7) is 4.97. The quantitative estimate of drug-likeness (QED) is 0.817. The normalized spacial score (nSPS) is 16.8. The number of aromatic nitrogens is 1. The third-order valence-electron chi connectivity index (χ3n) is 4.14. The third-order valence-corrected chi connectivity index (χ3v) is 4.14. The van der Waals surface area contributed by atoms with Gasteiger partial charge in [-0.3, -0.25) is 9.78 Å². The molecule has 0 aliphatic carbocycles. The number of carbonyl (C=O) groups excluding carboxylic acids is 1. The van der Waals surface area contributed by atoms with Gasteiger partial charge in [-0.15, -0.1) is 0 Å². The summed E-state index contributed by atoms with van der Waals surface area (Å²) in [7, 11) is 0. The van der Waals surface area contributed by atoms with E-state index < -0.39 is 0 Å². The van der Waals surface area contributed by atoms with Crippen LogP contribution >= 0.6 is 0 Å². The zero-order valence-corrected chi connectivity index (χ0v) is 13.9. The zero-order chi connectivity index (χ0) is 16.8. The molecule has 5 heteroatoms. The monoisotopic (exact) mass is 326 g/mol. The fraction of sp³-hybridized carbons (Fsp3) is 0.368. The minimum absolute atomic E-state index is 0.0320. The lowest BCUT2D eigenvalue weighted by molar-refractivity contribution is 0.0730. The molecule has 24 heavy (non-hydrogen) atoms. The van der Waals surface area contributed by atoms with Crippen LogP contribution in [-0.4, -0.2) is 42.1 Å². The third kappa shape index (κ3) is 4.11. The molecule has 1 unspecified atom stereocenters. The SMILES string of the molecule is CCN(CC1CCOC1)C(=O)c1cccc(Oc2ccncc2)c1. The molecule has 0 bridgehead atoms. The van der Waals surface area contributed by atoms with Gasteiger partial charge in [-0.05, 0) is 43.7 Å². The first-order valence-corrected chi connectivity index (χ1v) is 8.31. The first-order chi connectivity index (χ1) is 11.8. The summed E-state index contributed by atoms with van der Waals surface area (Å²) in [5, 5.41) is 0. The number of benzene rings is 1. The minimum atomic E-state index is 0.0320. The highest BCUT2D eigenvalue weighted by molar-refractivity contribution is 5.94. The van der Waals surface area contributed by atoms with Crippen LogP contribution in [0.25, 0.3) is 0 Å². The van der Waals surface area contributed by atoms with Gasteiger partial charge in [0.15, 0.2) is 0 Å². The van der Waals surface area contributed by atoms with Crippen molar-refractivity contribution in [3.8, 4) is 11.5 Å². The van der Waals surface area contributed by atoms with Gasteiger partial charge in [-0.1, -0.05) is 6.07 Å². The Hall–Kier alpha value is -2.40. The molecule has 1 aromatic heterocycles. The minimum Gasteiger partial charge on any atom is -0.457 e. The first kappa shape index (κ1) is 16.5. The van der Waals surface area contributed by atoms with Crippen LogP contribution in [0.15, 0.2) is 48.8 Å². The van der Waals surface area contributed by atoms with Crippen LogP contribution in [0, 0.1) is 5.92 Å². The number of carbonyl (C=O) groups is 1. The van der Waals surface area contributed by atoms with Crippen LogP contribution in [0.2, 0.25) is 0 Å². The molecule has 0 saturated carbocycles. The van der Waals surface area contributed by atoms with Crippen molar-refractivity contribution in [3.05, 3.63) is 54.4 Å². The maximum Gasteiger partial charge on any atom is 0.253 e. The average Bonchev–Trinajstić information content (AvgIpc) is 3.13. The van der Waals surface area contributed by atoms with Crippen molar-refractivity contribution in [1.82, 2.24) is 9.88 Å². The van der Waals surface area contributed by atoms with E-state index in [-0.39, 0.29) is 5.91 Å². The number of amides is 1. The van der Waals surface area contributed by atoms with Gasteiger partial charge in [-0.2, -0.15) is 0 Å². The standard InChI is InChI=1S/C19H22N2O3/c1-2-21(13-15-8-11-23-14-15)19(22)16-4-3-5-18(12-16)24-17-6-9-20-10-7-17/h3-7,9-10,12,15H,2,8,11,13-14H2,1H3. The van der Waals surface area contributed by atoms with Crippen molar-refractivity contribution in [3.63, 3.8) is 0 Å². The molecule has 0 N–H and O–H groups in total. The topological polar surface area (TPSA) is 51.7 Å². The maximum atomic E-state index is 12.8. The fourth-order valence-corrected chi connectivity index (χ4v) is 2.81. The number of rotatable bonds is 6. The van der Waals surface area contributed by atoms with Gasteiger partial charge in [0.05, 0.1) is 6.61 Å². The second-order valence-electron chi connectivity index (χ2n) is 5.89. The summed E-state index contributed by atoms with van der Waals surface area (Å²) in [4.78, 5) is 18.6. The molecule has 1 amide bonds. The molecule has 1 aliphatic heterocycles. The van der Waals surface area contributed by atoms with Crippen molar-refractivity contribution in [2.75, 3.05) is 26.3 Å². The van der Waals surface area contributed by atoms with Gasteiger partial charge >= 0.3 is 0 Å². The number of nitrogens with zero attached hydrogens (tertiary/aromatic N) is 2. The smallest absolute Gasteiger partial charge is 0.253 e. The molecule has 126 valence electrons. The largest absolute Gasteiger partial charge is 0.457 e. The summed E-state index contributed by atoms with van der Waals surface area (Å²) in [5.41, 5.74) is 0.641. The van der Waals surface area contributed by atoms with E-state index in [1.807, 2.05) is 30.0 Å². The van der Waals surface area contributed by atoms with E-state index in [0.717, 1.165) is 26.2 Å². The lowest BCUT2D eigenvalue weighted by atomic mass is 10.1. The highest BCUT2D eigenvalue weighted by atomic mass is 16.5. The van der Waals surface area contributed by atoms with Gasteiger partial charge in [-0.25, -0.2) is 0 Å². The Balaban J connectivity index is 1.70. The summed E-state index contributed by atoms with van der Waals surface area (Å²) < 4.78 is 11.2. The summed E-state index contributed by atoms with van der Waals surface area (Å²) in [5.74, 6) is 1.81. The predicted octanol–water partition coefficient (Wildman–Crippen LogP) is 3.37. The molecule has 2 heterocycles. The van der Waals surface area contributed by atoms with Crippen molar-refractivity contribution in [2.45, 2.75) is 13.3 Å². The van der Waals surface area contributed by atoms with Gasteiger partial charge in [0.2, 0.25) is 0 Å². The van der Waals surface area contributed by atoms with Crippen LogP contribution in [0.1, 0.15) is 23.7 Å². The van der Waals surface area contributed by atoms with Gasteiger partial charge in [0.1, 0.15) is 11.5 Å². The van der Waals surface area contributed by atoms with E-state index in [1.165, 1.54) is 0 Å². The Labute approximate surface area is 142 Å². The van der Waals surface area contributed by atoms with Crippen molar-refractivity contribution >= 4 is 5.91 Å². The zero-order valence-electron chi connectivity index (χ0n) is 13.9. The molecular formula is C19H22N2O3. The van der Waals surface area contributed by atoms with Gasteiger partial charge < -0.3 is 14.4 Å². The van der Waals surface area contributed by atoms with Crippen LogP contribution in [-0.2, 0) is 4.74 Å². The van der Waals surface area contributed by atoms with E-state index in [2.05, 4.69) is 4.98 Å². The molecule has 1 aromatic carbocycles.